The van der Waals surface area contributed by atoms with Gasteiger partial charge >= 0.3 is 5.97 Å². The maximum atomic E-state index is 12.7. The average Bonchev–Trinajstić information content (AvgIpc) is 2.53. The minimum atomic E-state index is -0.987. The number of nitrogens with zero attached hydrogens (tertiary/aromatic N) is 1. The largest absolute Gasteiger partial charge is 0.480 e. The number of benzene rings is 1. The van der Waals surface area contributed by atoms with Crippen LogP contribution in [0.25, 0.3) is 0 Å². The molecule has 0 aromatic heterocycles. The van der Waals surface area contributed by atoms with E-state index < -0.39 is 12.0 Å². The normalized spacial score (nSPS) is 25.2. The van der Waals surface area contributed by atoms with Crippen molar-refractivity contribution in [2.75, 3.05) is 19.8 Å². The number of hydrogen-bond acceptors (Lipinski definition) is 3. The monoisotopic (exact) mass is 289 g/mol. The second-order valence-corrected chi connectivity index (χ2v) is 5.67. The van der Waals surface area contributed by atoms with Gasteiger partial charge in [-0.2, -0.15) is 0 Å². The average molecular weight is 289 g/mol. The number of rotatable bonds is 2. The Morgan fingerprint density at radius 3 is 2.76 bits per heavy atom. The molecule has 0 bridgehead atoms. The SMILES string of the molecule is O=C(O)C1COCCN1C(=O)C1CCc2ccccc2C1. The van der Waals surface area contributed by atoms with Crippen LogP contribution in [0.15, 0.2) is 24.3 Å². The first-order valence-corrected chi connectivity index (χ1v) is 7.34. The summed E-state index contributed by atoms with van der Waals surface area (Å²) in [6.07, 6.45) is 2.38. The molecule has 112 valence electrons. The summed E-state index contributed by atoms with van der Waals surface area (Å²) in [5, 5.41) is 9.24. The molecule has 5 heteroatoms. The lowest BCUT2D eigenvalue weighted by molar-refractivity contribution is -0.160. The van der Waals surface area contributed by atoms with E-state index in [1.807, 2.05) is 12.1 Å². The number of aryl methyl sites for hydroxylation is 1. The van der Waals surface area contributed by atoms with E-state index in [2.05, 4.69) is 12.1 Å². The third kappa shape index (κ3) is 2.78. The molecule has 1 aromatic carbocycles. The van der Waals surface area contributed by atoms with Crippen LogP contribution in [0.1, 0.15) is 17.5 Å². The zero-order chi connectivity index (χ0) is 14.8. The Bertz CT molecular complexity index is 557. The highest BCUT2D eigenvalue weighted by Crippen LogP contribution is 2.27. The van der Waals surface area contributed by atoms with E-state index in [0.717, 1.165) is 12.8 Å². The quantitative estimate of drug-likeness (QED) is 0.885. The zero-order valence-electron chi connectivity index (χ0n) is 11.8. The van der Waals surface area contributed by atoms with E-state index in [-0.39, 0.29) is 18.4 Å². The third-order valence-electron chi connectivity index (χ3n) is 4.39. The Kier molecular flexibility index (Phi) is 3.92. The molecule has 2 aliphatic rings. The van der Waals surface area contributed by atoms with E-state index >= 15 is 0 Å². The summed E-state index contributed by atoms with van der Waals surface area (Å²) in [5.41, 5.74) is 2.51. The van der Waals surface area contributed by atoms with Crippen molar-refractivity contribution in [1.29, 1.82) is 0 Å². The molecule has 1 saturated heterocycles. The summed E-state index contributed by atoms with van der Waals surface area (Å²) < 4.78 is 5.19. The van der Waals surface area contributed by atoms with Gasteiger partial charge in [0.25, 0.3) is 0 Å². The molecule has 1 aliphatic heterocycles. The van der Waals surface area contributed by atoms with Crippen LogP contribution in [0.3, 0.4) is 0 Å². The van der Waals surface area contributed by atoms with Gasteiger partial charge in [-0.3, -0.25) is 4.79 Å². The minimum absolute atomic E-state index is 0.0415. The minimum Gasteiger partial charge on any atom is -0.480 e. The van der Waals surface area contributed by atoms with E-state index in [1.165, 1.54) is 16.0 Å². The van der Waals surface area contributed by atoms with Gasteiger partial charge in [0, 0.05) is 12.5 Å². The van der Waals surface area contributed by atoms with Crippen molar-refractivity contribution >= 4 is 11.9 Å². The Morgan fingerprint density at radius 2 is 2.00 bits per heavy atom. The van der Waals surface area contributed by atoms with E-state index in [1.54, 1.807) is 0 Å². The van der Waals surface area contributed by atoms with Crippen LogP contribution in [-0.2, 0) is 27.2 Å². The first-order chi connectivity index (χ1) is 10.2. The topological polar surface area (TPSA) is 66.8 Å². The van der Waals surface area contributed by atoms with E-state index in [0.29, 0.717) is 19.6 Å². The molecule has 0 saturated carbocycles. The summed E-state index contributed by atoms with van der Waals surface area (Å²) in [6, 6.07) is 7.32. The Hall–Kier alpha value is -1.88. The van der Waals surface area contributed by atoms with Crippen molar-refractivity contribution in [2.45, 2.75) is 25.3 Å². The van der Waals surface area contributed by atoms with Gasteiger partial charge in [0.05, 0.1) is 13.2 Å². The highest BCUT2D eigenvalue weighted by atomic mass is 16.5. The third-order valence-corrected chi connectivity index (χ3v) is 4.39. The number of carboxylic acids is 1. The van der Waals surface area contributed by atoms with Gasteiger partial charge in [-0.15, -0.1) is 0 Å². The van der Waals surface area contributed by atoms with Crippen LogP contribution in [0.2, 0.25) is 0 Å². The standard InChI is InChI=1S/C16H19NO4/c18-15(17-7-8-21-10-14(17)16(19)20)13-6-5-11-3-1-2-4-12(11)9-13/h1-4,13-14H,5-10H2,(H,19,20). The fraction of sp³-hybridized carbons (Fsp3) is 0.500. The van der Waals surface area contributed by atoms with Gasteiger partial charge in [0.2, 0.25) is 5.91 Å². The lowest BCUT2D eigenvalue weighted by atomic mass is 9.83. The Balaban J connectivity index is 1.75. The van der Waals surface area contributed by atoms with Crippen LogP contribution in [0, 0.1) is 5.92 Å². The molecular weight excluding hydrogens is 270 g/mol. The van der Waals surface area contributed by atoms with Gasteiger partial charge in [-0.05, 0) is 30.4 Å². The van der Waals surface area contributed by atoms with E-state index in [9.17, 15) is 14.7 Å². The fourth-order valence-corrected chi connectivity index (χ4v) is 3.22. The Morgan fingerprint density at radius 1 is 1.24 bits per heavy atom. The van der Waals surface area contributed by atoms with Crippen LogP contribution < -0.4 is 0 Å². The van der Waals surface area contributed by atoms with Gasteiger partial charge in [0.1, 0.15) is 0 Å². The second-order valence-electron chi connectivity index (χ2n) is 5.67. The lowest BCUT2D eigenvalue weighted by Crippen LogP contribution is -2.54. The molecule has 1 fully saturated rings. The number of amides is 1. The molecule has 0 spiro atoms. The maximum absolute atomic E-state index is 12.7. The molecule has 1 heterocycles. The van der Waals surface area contributed by atoms with Gasteiger partial charge in [-0.1, -0.05) is 24.3 Å². The fourth-order valence-electron chi connectivity index (χ4n) is 3.22. The number of morpholine rings is 1. The molecule has 1 amide bonds. The molecule has 2 unspecified atom stereocenters. The first-order valence-electron chi connectivity index (χ1n) is 7.34. The smallest absolute Gasteiger partial charge is 0.328 e. The summed E-state index contributed by atoms with van der Waals surface area (Å²) in [5.74, 6) is -1.14. The number of hydrogen-bond donors (Lipinski definition) is 1. The highest BCUT2D eigenvalue weighted by molar-refractivity contribution is 5.85. The van der Waals surface area contributed by atoms with E-state index in [4.69, 9.17) is 4.74 Å². The molecule has 3 rings (SSSR count). The summed E-state index contributed by atoms with van der Waals surface area (Å²) >= 11 is 0. The van der Waals surface area contributed by atoms with Crippen molar-refractivity contribution < 1.29 is 19.4 Å². The highest BCUT2D eigenvalue weighted by Gasteiger charge is 2.36. The second kappa shape index (κ2) is 5.85. The maximum Gasteiger partial charge on any atom is 0.328 e. The van der Waals surface area contributed by atoms with Crippen molar-refractivity contribution in [2.24, 2.45) is 5.92 Å². The van der Waals surface area contributed by atoms with Crippen LogP contribution in [0.5, 0.6) is 0 Å². The predicted molar refractivity (Wildman–Crippen MR) is 75.9 cm³/mol. The molecule has 5 nitrogen and oxygen atoms in total. The van der Waals surface area contributed by atoms with Crippen molar-refractivity contribution in [3.05, 3.63) is 35.4 Å². The van der Waals surface area contributed by atoms with Gasteiger partial charge < -0.3 is 14.7 Å². The molecule has 1 aromatic rings. The van der Waals surface area contributed by atoms with Crippen LogP contribution in [0.4, 0.5) is 0 Å². The molecule has 21 heavy (non-hydrogen) atoms. The number of carboxylic acid groups (broad SMARTS) is 1. The summed E-state index contributed by atoms with van der Waals surface area (Å²) in [7, 11) is 0. The number of aliphatic carboxylic acids is 1. The molecule has 1 aliphatic carbocycles. The number of carbonyl (C=O) groups is 2. The number of carbonyl (C=O) groups excluding carboxylic acids is 1. The summed E-state index contributed by atoms with van der Waals surface area (Å²) in [4.78, 5) is 25.5. The van der Waals surface area contributed by atoms with Gasteiger partial charge in [-0.25, -0.2) is 4.79 Å². The summed E-state index contributed by atoms with van der Waals surface area (Å²) in [6.45, 7) is 0.872. The Labute approximate surface area is 123 Å². The van der Waals surface area contributed by atoms with Crippen LogP contribution >= 0.6 is 0 Å². The van der Waals surface area contributed by atoms with Gasteiger partial charge in [0.15, 0.2) is 6.04 Å². The zero-order valence-corrected chi connectivity index (χ0v) is 11.8. The van der Waals surface area contributed by atoms with Crippen molar-refractivity contribution in [1.82, 2.24) is 4.90 Å². The van der Waals surface area contributed by atoms with Crippen molar-refractivity contribution in [3.63, 3.8) is 0 Å². The number of fused-ring (bicyclic) bond motifs is 1. The lowest BCUT2D eigenvalue weighted by Gasteiger charge is -2.36. The number of ether oxygens (including phenoxy) is 1. The molecule has 2 atom stereocenters. The van der Waals surface area contributed by atoms with Crippen molar-refractivity contribution in [3.8, 4) is 0 Å². The molecule has 0 radical (unpaired) electrons. The molecule has 1 N–H and O–H groups in total. The predicted octanol–water partition coefficient (Wildman–Crippen LogP) is 1.10. The first kappa shape index (κ1) is 14.1. The van der Waals surface area contributed by atoms with Crippen LogP contribution in [-0.4, -0.2) is 47.7 Å². The molecular formula is C16H19NO4.